The van der Waals surface area contributed by atoms with Crippen molar-refractivity contribution < 1.29 is 17.6 Å². The Morgan fingerprint density at radius 1 is 1.15 bits per heavy atom. The van der Waals surface area contributed by atoms with E-state index in [2.05, 4.69) is 20.6 Å². The number of rotatable bonds is 4. The molecule has 4 N–H and O–H groups in total. The van der Waals surface area contributed by atoms with E-state index < -0.39 is 50.9 Å². The molecule has 0 radical (unpaired) electrons. The minimum Gasteiger partial charge on any atom is -0.396 e. The van der Waals surface area contributed by atoms with Crippen molar-refractivity contribution in [1.29, 1.82) is 0 Å². The Balaban J connectivity index is 1.91. The average molecular weight is 578 g/mol. The van der Waals surface area contributed by atoms with Gasteiger partial charge in [-0.25, -0.2) is 31.9 Å². The minimum absolute atomic E-state index is 0.00252. The van der Waals surface area contributed by atoms with Gasteiger partial charge in [-0.2, -0.15) is 4.98 Å². The molecule has 4 heterocycles. The number of nitrogens with zero attached hydrogens (tertiary/aromatic N) is 4. The van der Waals surface area contributed by atoms with Crippen molar-refractivity contribution in [3.8, 4) is 11.3 Å². The van der Waals surface area contributed by atoms with Crippen LogP contribution in [0.2, 0.25) is 5.02 Å². The third-order valence-electron chi connectivity index (χ3n) is 7.33. The standard InChI is InChI=1S/C27H28ClF4N7O/c1-11(2)22-24(12(3)5-6-35-22)39-26-14(25(37-27(39)40)38-8-7-34-10-13(38)4)9-15(29)23(36-26)16-18(30)17(28)19(31)20(32)21(16)33/h5-6,9,11,13,22,34-35H,7-8,10,33H2,1-4H3/t13-,22?/m0/s1. The largest absolute Gasteiger partial charge is 0.396 e. The number of piperazine rings is 1. The van der Waals surface area contributed by atoms with Crippen molar-refractivity contribution in [3.63, 3.8) is 0 Å². The maximum absolute atomic E-state index is 15.8. The summed E-state index contributed by atoms with van der Waals surface area (Å²) in [5.41, 5.74) is 3.65. The van der Waals surface area contributed by atoms with Crippen LogP contribution in [0.3, 0.4) is 0 Å². The number of pyridine rings is 1. The molecule has 212 valence electrons. The van der Waals surface area contributed by atoms with E-state index in [0.717, 1.165) is 11.6 Å². The van der Waals surface area contributed by atoms with Gasteiger partial charge in [-0.1, -0.05) is 25.4 Å². The first-order valence-electron chi connectivity index (χ1n) is 12.8. The number of anilines is 2. The van der Waals surface area contributed by atoms with Gasteiger partial charge >= 0.3 is 5.69 Å². The molecule has 40 heavy (non-hydrogen) atoms. The molecule has 2 aromatic heterocycles. The summed E-state index contributed by atoms with van der Waals surface area (Å²) < 4.78 is 60.9. The Hall–Kier alpha value is -3.64. The monoisotopic (exact) mass is 577 g/mol. The van der Waals surface area contributed by atoms with Crippen molar-refractivity contribution >= 4 is 39.8 Å². The molecule has 1 aromatic carbocycles. The molecular weight excluding hydrogens is 550 g/mol. The van der Waals surface area contributed by atoms with Gasteiger partial charge in [0, 0.05) is 25.7 Å². The number of benzene rings is 1. The second kappa shape index (κ2) is 10.4. The summed E-state index contributed by atoms with van der Waals surface area (Å²) in [6.45, 7) is 9.34. The Labute approximate surface area is 232 Å². The number of nitrogens with two attached hydrogens (primary N) is 1. The maximum atomic E-state index is 15.8. The normalized spacial score (nSPS) is 19.6. The zero-order chi connectivity index (χ0) is 29.0. The zero-order valence-corrected chi connectivity index (χ0v) is 23.0. The van der Waals surface area contributed by atoms with Gasteiger partial charge in [-0.3, -0.25) is 0 Å². The molecule has 5 rings (SSSR count). The lowest BCUT2D eigenvalue weighted by atomic mass is 9.95. The Morgan fingerprint density at radius 3 is 2.55 bits per heavy atom. The second-order valence-electron chi connectivity index (χ2n) is 10.3. The highest BCUT2D eigenvalue weighted by molar-refractivity contribution is 6.31. The molecule has 13 heteroatoms. The highest BCUT2D eigenvalue weighted by atomic mass is 35.5. The van der Waals surface area contributed by atoms with Crippen molar-refractivity contribution in [1.82, 2.24) is 25.2 Å². The van der Waals surface area contributed by atoms with E-state index in [1.165, 1.54) is 4.57 Å². The molecule has 2 aliphatic heterocycles. The smallest absolute Gasteiger partial charge is 0.355 e. The maximum Gasteiger partial charge on any atom is 0.355 e. The molecule has 0 spiro atoms. The first-order valence-corrected chi connectivity index (χ1v) is 13.2. The van der Waals surface area contributed by atoms with Crippen LogP contribution < -0.4 is 27.0 Å². The van der Waals surface area contributed by atoms with E-state index in [1.54, 1.807) is 12.3 Å². The predicted molar refractivity (Wildman–Crippen MR) is 148 cm³/mol. The molecular formula is C27H28ClF4N7O. The summed E-state index contributed by atoms with van der Waals surface area (Å²) in [6.07, 6.45) is 3.54. The number of aromatic nitrogens is 3. The molecule has 0 amide bonds. The third-order valence-corrected chi connectivity index (χ3v) is 7.66. The number of nitrogens with one attached hydrogen (secondary N) is 2. The van der Waals surface area contributed by atoms with Gasteiger partial charge < -0.3 is 21.3 Å². The number of halogens is 5. The SMILES string of the molecule is CC1=C(n2c(=O)nc(N3CCNC[C@@H]3C)c3cc(F)c(-c4c(N)c(F)c(F)c(Cl)c4F)nc32)C(C(C)C)NC=C1. The van der Waals surface area contributed by atoms with Crippen LogP contribution in [0.25, 0.3) is 28.0 Å². The van der Waals surface area contributed by atoms with Crippen LogP contribution in [0.1, 0.15) is 27.7 Å². The molecule has 2 atom stereocenters. The van der Waals surface area contributed by atoms with Crippen molar-refractivity contribution in [3.05, 3.63) is 62.7 Å². The quantitative estimate of drug-likeness (QED) is 0.183. The molecule has 8 nitrogen and oxygen atoms in total. The van der Waals surface area contributed by atoms with E-state index >= 15 is 8.78 Å². The van der Waals surface area contributed by atoms with E-state index in [9.17, 15) is 13.6 Å². The minimum atomic E-state index is -1.70. The van der Waals surface area contributed by atoms with Crippen LogP contribution in [0.15, 0.2) is 28.7 Å². The van der Waals surface area contributed by atoms with Gasteiger partial charge in [-0.15, -0.1) is 0 Å². The number of dihydropyridines is 1. The lowest BCUT2D eigenvalue weighted by Gasteiger charge is -2.36. The number of allylic oxidation sites excluding steroid dienone is 2. The van der Waals surface area contributed by atoms with Gasteiger partial charge in [0.1, 0.15) is 16.5 Å². The Morgan fingerprint density at radius 2 is 1.88 bits per heavy atom. The van der Waals surface area contributed by atoms with Gasteiger partial charge in [0.15, 0.2) is 28.9 Å². The van der Waals surface area contributed by atoms with Crippen LogP contribution in [0.5, 0.6) is 0 Å². The highest BCUT2D eigenvalue weighted by Gasteiger charge is 2.32. The second-order valence-corrected chi connectivity index (χ2v) is 10.7. The van der Waals surface area contributed by atoms with Crippen LogP contribution >= 0.6 is 11.6 Å². The molecule has 0 aliphatic carbocycles. The van der Waals surface area contributed by atoms with Gasteiger partial charge in [0.05, 0.1) is 28.4 Å². The van der Waals surface area contributed by atoms with E-state index in [-0.39, 0.29) is 34.9 Å². The average Bonchev–Trinajstić information content (AvgIpc) is 2.92. The highest BCUT2D eigenvalue weighted by Crippen LogP contribution is 2.39. The third kappa shape index (κ3) is 4.39. The molecule has 1 unspecified atom stereocenters. The lowest BCUT2D eigenvalue weighted by molar-refractivity contribution is 0.495. The first kappa shape index (κ1) is 27.9. The Kier molecular flexibility index (Phi) is 7.26. The summed E-state index contributed by atoms with van der Waals surface area (Å²) in [5.74, 6) is -5.67. The fraction of sp³-hybridized carbons (Fsp3) is 0.370. The fourth-order valence-electron chi connectivity index (χ4n) is 5.26. The molecule has 1 fully saturated rings. The summed E-state index contributed by atoms with van der Waals surface area (Å²) in [5, 5.41) is 5.48. The first-order chi connectivity index (χ1) is 18.9. The number of nitrogen functional groups attached to an aromatic ring is 1. The van der Waals surface area contributed by atoms with Crippen molar-refractivity contribution in [2.75, 3.05) is 30.3 Å². The van der Waals surface area contributed by atoms with Gasteiger partial charge in [0.2, 0.25) is 0 Å². The molecule has 0 saturated carbocycles. The number of hydrogen-bond donors (Lipinski definition) is 3. The summed E-state index contributed by atoms with van der Waals surface area (Å²) >= 11 is 5.68. The van der Waals surface area contributed by atoms with Crippen LogP contribution in [0.4, 0.5) is 29.1 Å². The van der Waals surface area contributed by atoms with E-state index in [1.807, 2.05) is 32.6 Å². The van der Waals surface area contributed by atoms with Gasteiger partial charge in [-0.05, 0) is 43.7 Å². The van der Waals surface area contributed by atoms with Gasteiger partial charge in [0.25, 0.3) is 0 Å². The molecule has 1 saturated heterocycles. The van der Waals surface area contributed by atoms with E-state index in [4.69, 9.17) is 17.3 Å². The Bertz CT molecular complexity index is 1620. The summed E-state index contributed by atoms with van der Waals surface area (Å²) in [7, 11) is 0. The predicted octanol–water partition coefficient (Wildman–Crippen LogP) is 4.42. The van der Waals surface area contributed by atoms with Crippen LogP contribution in [-0.2, 0) is 0 Å². The summed E-state index contributed by atoms with van der Waals surface area (Å²) in [6, 6.07) is 0.612. The summed E-state index contributed by atoms with van der Waals surface area (Å²) in [4.78, 5) is 24.4. The molecule has 0 bridgehead atoms. The lowest BCUT2D eigenvalue weighted by Crippen LogP contribution is -2.51. The molecule has 2 aliphatic rings. The van der Waals surface area contributed by atoms with Crippen LogP contribution in [-0.4, -0.2) is 46.3 Å². The van der Waals surface area contributed by atoms with E-state index in [0.29, 0.717) is 25.3 Å². The number of fused-ring (bicyclic) bond motifs is 1. The molecule has 3 aromatic rings. The fourth-order valence-corrected chi connectivity index (χ4v) is 5.44. The topological polar surface area (TPSA) is 101 Å². The zero-order valence-electron chi connectivity index (χ0n) is 22.2. The van der Waals surface area contributed by atoms with Crippen LogP contribution in [0, 0.1) is 29.2 Å². The van der Waals surface area contributed by atoms with Crippen molar-refractivity contribution in [2.45, 2.75) is 39.8 Å². The van der Waals surface area contributed by atoms with Crippen molar-refractivity contribution in [2.24, 2.45) is 5.92 Å². The number of hydrogen-bond acceptors (Lipinski definition) is 7.